The third-order valence-corrected chi connectivity index (χ3v) is 8.99. The zero-order valence-corrected chi connectivity index (χ0v) is 20.7. The summed E-state index contributed by atoms with van der Waals surface area (Å²) in [6.45, 7) is 6.19. The van der Waals surface area contributed by atoms with Gasteiger partial charge in [0, 0.05) is 43.0 Å². The normalized spacial score (nSPS) is 15.2. The Labute approximate surface area is 198 Å². The first-order valence-corrected chi connectivity index (χ1v) is 13.1. The highest BCUT2D eigenvalue weighted by molar-refractivity contribution is 7.89. The lowest BCUT2D eigenvalue weighted by molar-refractivity contribution is 0.374. The molecule has 32 heavy (non-hydrogen) atoms. The van der Waals surface area contributed by atoms with E-state index >= 15 is 0 Å². The van der Waals surface area contributed by atoms with Gasteiger partial charge in [-0.25, -0.2) is 13.4 Å². The lowest BCUT2D eigenvalue weighted by Crippen LogP contribution is -2.48. The third-order valence-electron chi connectivity index (χ3n) is 5.88. The van der Waals surface area contributed by atoms with Crippen LogP contribution >= 0.6 is 22.9 Å². The number of thiazole rings is 1. The monoisotopic (exact) mass is 491 g/mol. The molecule has 2 heterocycles. The summed E-state index contributed by atoms with van der Waals surface area (Å²) in [6, 6.07) is 11.0. The maximum atomic E-state index is 13.2. The third kappa shape index (κ3) is 4.64. The van der Waals surface area contributed by atoms with Gasteiger partial charge in [0.2, 0.25) is 10.0 Å². The van der Waals surface area contributed by atoms with Gasteiger partial charge in [-0.05, 0) is 48.7 Å². The quantitative estimate of drug-likeness (QED) is 0.507. The molecule has 1 aliphatic rings. The minimum atomic E-state index is -3.70. The number of anilines is 1. The predicted molar refractivity (Wildman–Crippen MR) is 130 cm³/mol. The van der Waals surface area contributed by atoms with Crippen molar-refractivity contribution in [1.82, 2.24) is 9.29 Å². The minimum absolute atomic E-state index is 0.103. The van der Waals surface area contributed by atoms with E-state index in [1.807, 2.05) is 0 Å². The largest absolute Gasteiger partial charge is 0.495 e. The zero-order chi connectivity index (χ0) is 22.9. The molecule has 2 aromatic carbocycles. The summed E-state index contributed by atoms with van der Waals surface area (Å²) in [7, 11) is -2.24. The van der Waals surface area contributed by atoms with Crippen LogP contribution in [0.15, 0.2) is 46.7 Å². The molecule has 3 aromatic rings. The van der Waals surface area contributed by atoms with E-state index in [9.17, 15) is 8.42 Å². The molecular weight excluding hydrogens is 466 g/mol. The van der Waals surface area contributed by atoms with Crippen LogP contribution in [0, 0.1) is 13.8 Å². The maximum absolute atomic E-state index is 13.2. The first-order valence-electron chi connectivity index (χ1n) is 10.4. The molecule has 6 nitrogen and oxygen atoms in total. The van der Waals surface area contributed by atoms with E-state index in [0.29, 0.717) is 37.0 Å². The molecule has 1 aromatic heterocycles. The van der Waals surface area contributed by atoms with E-state index < -0.39 is 10.0 Å². The van der Waals surface area contributed by atoms with Crippen molar-refractivity contribution in [3.8, 4) is 5.75 Å². The molecule has 0 amide bonds. The summed E-state index contributed by atoms with van der Waals surface area (Å²) in [4.78, 5) is 7.08. The zero-order valence-electron chi connectivity index (χ0n) is 18.3. The number of methoxy groups -OCH3 is 1. The molecule has 0 saturated carbocycles. The van der Waals surface area contributed by atoms with E-state index in [-0.39, 0.29) is 4.90 Å². The summed E-state index contributed by atoms with van der Waals surface area (Å²) in [5, 5.41) is 3.39. The van der Waals surface area contributed by atoms with Gasteiger partial charge in [-0.15, -0.1) is 11.3 Å². The fourth-order valence-corrected chi connectivity index (χ4v) is 6.55. The Balaban J connectivity index is 1.44. The number of sulfonamides is 1. The van der Waals surface area contributed by atoms with Crippen molar-refractivity contribution in [3.63, 3.8) is 0 Å². The van der Waals surface area contributed by atoms with Gasteiger partial charge < -0.3 is 9.64 Å². The lowest BCUT2D eigenvalue weighted by Gasteiger charge is -2.34. The van der Waals surface area contributed by atoms with Gasteiger partial charge in [0.25, 0.3) is 0 Å². The highest BCUT2D eigenvalue weighted by Gasteiger charge is 2.31. The van der Waals surface area contributed by atoms with E-state index in [2.05, 4.69) is 42.3 Å². The molecule has 1 fully saturated rings. The van der Waals surface area contributed by atoms with Crippen molar-refractivity contribution in [1.29, 1.82) is 0 Å². The molecule has 0 spiro atoms. The van der Waals surface area contributed by atoms with Crippen LogP contribution in [0.25, 0.3) is 0 Å². The van der Waals surface area contributed by atoms with Gasteiger partial charge in [0.05, 0.1) is 12.8 Å². The highest BCUT2D eigenvalue weighted by Crippen LogP contribution is 2.31. The van der Waals surface area contributed by atoms with Crippen LogP contribution in [-0.2, 0) is 16.4 Å². The molecule has 1 saturated heterocycles. The summed E-state index contributed by atoms with van der Waals surface area (Å²) in [6.07, 6.45) is 0.799. The first kappa shape index (κ1) is 23.0. The Morgan fingerprint density at radius 1 is 1.12 bits per heavy atom. The Morgan fingerprint density at radius 3 is 2.59 bits per heavy atom. The van der Waals surface area contributed by atoms with Crippen LogP contribution in [0.1, 0.15) is 22.4 Å². The Bertz CT molecular complexity index is 1220. The molecular formula is C23H26ClN3O3S2. The number of ether oxygens (including phenoxy) is 1. The molecule has 1 aliphatic heterocycles. The Kier molecular flexibility index (Phi) is 6.76. The molecule has 0 radical (unpaired) electrons. The molecule has 9 heteroatoms. The average Bonchev–Trinajstić information content (AvgIpc) is 3.25. The number of benzene rings is 2. The predicted octanol–water partition coefficient (Wildman–Crippen LogP) is 4.52. The molecule has 0 bridgehead atoms. The molecule has 170 valence electrons. The smallest absolute Gasteiger partial charge is 0.246 e. The number of rotatable bonds is 6. The molecule has 0 atom stereocenters. The first-order chi connectivity index (χ1) is 15.3. The number of halogens is 1. The van der Waals surface area contributed by atoms with Gasteiger partial charge in [-0.3, -0.25) is 0 Å². The maximum Gasteiger partial charge on any atom is 0.246 e. The number of nitrogens with zero attached hydrogens (tertiary/aromatic N) is 3. The summed E-state index contributed by atoms with van der Waals surface area (Å²) in [5.41, 5.74) is 4.91. The minimum Gasteiger partial charge on any atom is -0.495 e. The average molecular weight is 492 g/mol. The Hall–Kier alpha value is -2.13. The van der Waals surface area contributed by atoms with E-state index in [0.717, 1.165) is 17.2 Å². The van der Waals surface area contributed by atoms with E-state index in [1.165, 1.54) is 34.2 Å². The van der Waals surface area contributed by atoms with Crippen molar-refractivity contribution >= 4 is 38.1 Å². The molecule has 0 unspecified atom stereocenters. The highest BCUT2D eigenvalue weighted by atomic mass is 35.5. The number of hydrogen-bond donors (Lipinski definition) is 0. The van der Waals surface area contributed by atoms with E-state index in [1.54, 1.807) is 23.5 Å². The summed E-state index contributed by atoms with van der Waals surface area (Å²) < 4.78 is 33.1. The number of piperazine rings is 1. The van der Waals surface area contributed by atoms with Crippen molar-refractivity contribution in [2.45, 2.75) is 25.2 Å². The van der Waals surface area contributed by atoms with Crippen molar-refractivity contribution < 1.29 is 13.2 Å². The standard InChI is InChI=1S/C23H26ClN3O3S2/c1-16-5-4-6-18(17(16)2)13-20-15-31-23(25-20)26-9-11-27(12-10-26)32(28,29)22-14-19(24)7-8-21(22)30-3/h4-8,14-15H,9-13H2,1-3H3. The van der Waals surface area contributed by atoms with Crippen LogP contribution in [0.2, 0.25) is 5.02 Å². The second-order valence-corrected chi connectivity index (χ2v) is 11.0. The molecule has 0 N–H and O–H groups in total. The second-order valence-electron chi connectivity index (χ2n) is 7.84. The number of aromatic nitrogens is 1. The van der Waals surface area contributed by atoms with Gasteiger partial charge in [0.15, 0.2) is 5.13 Å². The number of hydrogen-bond acceptors (Lipinski definition) is 6. The van der Waals surface area contributed by atoms with Gasteiger partial charge in [-0.2, -0.15) is 4.31 Å². The second kappa shape index (κ2) is 9.39. The fourth-order valence-electron chi connectivity index (χ4n) is 3.83. The molecule has 4 rings (SSSR count). The topological polar surface area (TPSA) is 62.7 Å². The lowest BCUT2D eigenvalue weighted by atomic mass is 10.0. The SMILES string of the molecule is COc1ccc(Cl)cc1S(=O)(=O)N1CCN(c2nc(Cc3cccc(C)c3C)cs2)CC1. The van der Waals surface area contributed by atoms with Crippen molar-refractivity contribution in [2.75, 3.05) is 38.2 Å². The molecule has 0 aliphatic carbocycles. The summed E-state index contributed by atoms with van der Waals surface area (Å²) >= 11 is 7.65. The van der Waals surface area contributed by atoms with Crippen LogP contribution in [0.4, 0.5) is 5.13 Å². The van der Waals surface area contributed by atoms with Gasteiger partial charge >= 0.3 is 0 Å². The summed E-state index contributed by atoms with van der Waals surface area (Å²) in [5.74, 6) is 0.299. The fraction of sp³-hybridized carbons (Fsp3) is 0.348. The van der Waals surface area contributed by atoms with Crippen LogP contribution in [-0.4, -0.2) is 51.0 Å². The van der Waals surface area contributed by atoms with Crippen LogP contribution in [0.5, 0.6) is 5.75 Å². The number of aryl methyl sites for hydroxylation is 1. The van der Waals surface area contributed by atoms with Gasteiger partial charge in [0.1, 0.15) is 10.6 Å². The van der Waals surface area contributed by atoms with Crippen LogP contribution < -0.4 is 9.64 Å². The van der Waals surface area contributed by atoms with Crippen molar-refractivity contribution in [3.05, 3.63) is 69.2 Å². The van der Waals surface area contributed by atoms with Crippen LogP contribution in [0.3, 0.4) is 0 Å². The Morgan fingerprint density at radius 2 is 1.88 bits per heavy atom. The van der Waals surface area contributed by atoms with E-state index in [4.69, 9.17) is 21.3 Å². The van der Waals surface area contributed by atoms with Crippen molar-refractivity contribution in [2.24, 2.45) is 0 Å². The van der Waals surface area contributed by atoms with Gasteiger partial charge in [-0.1, -0.05) is 29.8 Å².